The number of piperidine rings is 1. The number of ether oxygens (including phenoxy) is 1. The van der Waals surface area contributed by atoms with Gasteiger partial charge in [0.25, 0.3) is 5.91 Å². The van der Waals surface area contributed by atoms with E-state index in [1.165, 1.54) is 33.3 Å². The van der Waals surface area contributed by atoms with Crippen LogP contribution in [0.4, 0.5) is 5.69 Å². The van der Waals surface area contributed by atoms with Crippen molar-refractivity contribution in [1.82, 2.24) is 9.62 Å². The van der Waals surface area contributed by atoms with E-state index in [0.717, 1.165) is 4.31 Å². The van der Waals surface area contributed by atoms with Crippen molar-refractivity contribution >= 4 is 21.6 Å². The Labute approximate surface area is 137 Å². The number of sulfonamides is 1. The Kier molecular flexibility index (Phi) is 5.41. The van der Waals surface area contributed by atoms with Gasteiger partial charge in [-0.2, -0.15) is 0 Å². The molecule has 128 valence electrons. The summed E-state index contributed by atoms with van der Waals surface area (Å²) in [6, 6.07) is 6.23. The van der Waals surface area contributed by atoms with Crippen molar-refractivity contribution in [3.05, 3.63) is 24.3 Å². The van der Waals surface area contributed by atoms with Gasteiger partial charge < -0.3 is 15.4 Å². The smallest absolute Gasteiger partial charge is 0.256 e. The molecule has 23 heavy (non-hydrogen) atoms. The molecule has 8 heteroatoms. The molecule has 0 spiro atoms. The van der Waals surface area contributed by atoms with E-state index >= 15 is 0 Å². The number of hydrogen-bond donors (Lipinski definition) is 2. The van der Waals surface area contributed by atoms with Gasteiger partial charge in [-0.05, 0) is 44.1 Å². The number of anilines is 1. The maximum Gasteiger partial charge on any atom is 0.256 e. The SMILES string of the molecule is COC1(C(=O)Nc2cccc(S(=O)(=O)N(C)C)c2)CCNCC1. The fourth-order valence-electron chi connectivity index (χ4n) is 2.54. The summed E-state index contributed by atoms with van der Waals surface area (Å²) in [5.41, 5.74) is -0.435. The molecule has 7 nitrogen and oxygen atoms in total. The first kappa shape index (κ1) is 17.9. The van der Waals surface area contributed by atoms with Crippen molar-refractivity contribution < 1.29 is 17.9 Å². The summed E-state index contributed by atoms with van der Waals surface area (Å²) in [5.74, 6) is -0.249. The van der Waals surface area contributed by atoms with Gasteiger partial charge in [0, 0.05) is 26.9 Å². The van der Waals surface area contributed by atoms with Crippen LogP contribution in [0.25, 0.3) is 0 Å². The Morgan fingerprint density at radius 2 is 1.96 bits per heavy atom. The van der Waals surface area contributed by atoms with Gasteiger partial charge in [0.15, 0.2) is 0 Å². The number of benzene rings is 1. The Hall–Kier alpha value is -1.48. The highest BCUT2D eigenvalue weighted by Gasteiger charge is 2.39. The lowest BCUT2D eigenvalue weighted by atomic mass is 9.91. The van der Waals surface area contributed by atoms with Gasteiger partial charge in [-0.15, -0.1) is 0 Å². The van der Waals surface area contributed by atoms with Crippen LogP contribution in [0.2, 0.25) is 0 Å². The maximum atomic E-state index is 12.6. The second-order valence-electron chi connectivity index (χ2n) is 5.72. The zero-order valence-electron chi connectivity index (χ0n) is 13.6. The molecule has 1 aromatic carbocycles. The molecule has 0 bridgehead atoms. The molecule has 1 aromatic rings. The van der Waals surface area contributed by atoms with Crippen LogP contribution in [0.15, 0.2) is 29.2 Å². The molecule has 2 N–H and O–H groups in total. The van der Waals surface area contributed by atoms with Gasteiger partial charge in [-0.25, -0.2) is 12.7 Å². The molecule has 1 saturated heterocycles. The molecule has 0 radical (unpaired) electrons. The lowest BCUT2D eigenvalue weighted by Gasteiger charge is -2.34. The molecule has 0 saturated carbocycles. The number of carbonyl (C=O) groups excluding carboxylic acids is 1. The molecule has 1 fully saturated rings. The van der Waals surface area contributed by atoms with Gasteiger partial charge in [-0.3, -0.25) is 4.79 Å². The van der Waals surface area contributed by atoms with Crippen molar-refractivity contribution in [3.63, 3.8) is 0 Å². The van der Waals surface area contributed by atoms with Gasteiger partial charge in [-0.1, -0.05) is 6.07 Å². The van der Waals surface area contributed by atoms with Crippen LogP contribution in [-0.4, -0.2) is 58.5 Å². The van der Waals surface area contributed by atoms with E-state index in [4.69, 9.17) is 4.74 Å². The van der Waals surface area contributed by atoms with Crippen LogP contribution in [0.1, 0.15) is 12.8 Å². The average molecular weight is 341 g/mol. The van der Waals surface area contributed by atoms with Crippen LogP contribution in [0.3, 0.4) is 0 Å². The molecule has 0 atom stereocenters. The molecule has 1 heterocycles. The first-order valence-electron chi connectivity index (χ1n) is 7.42. The summed E-state index contributed by atoms with van der Waals surface area (Å²) in [6.07, 6.45) is 1.15. The molecule has 0 unspecified atom stereocenters. The van der Waals surface area contributed by atoms with Crippen molar-refractivity contribution in [2.45, 2.75) is 23.3 Å². The highest BCUT2D eigenvalue weighted by molar-refractivity contribution is 7.89. The third kappa shape index (κ3) is 3.72. The predicted molar refractivity (Wildman–Crippen MR) is 87.8 cm³/mol. The van der Waals surface area contributed by atoms with E-state index in [1.807, 2.05) is 0 Å². The minimum Gasteiger partial charge on any atom is -0.368 e. The highest BCUT2D eigenvalue weighted by atomic mass is 32.2. The quantitative estimate of drug-likeness (QED) is 0.821. The second-order valence-corrected chi connectivity index (χ2v) is 7.87. The molecule has 1 aliphatic rings. The van der Waals surface area contributed by atoms with Gasteiger partial charge in [0.2, 0.25) is 10.0 Å². The van der Waals surface area contributed by atoms with Crippen molar-refractivity contribution in [3.8, 4) is 0 Å². The fourth-order valence-corrected chi connectivity index (χ4v) is 3.49. The summed E-state index contributed by atoms with van der Waals surface area (Å²) in [7, 11) is 0.921. The van der Waals surface area contributed by atoms with Crippen molar-refractivity contribution in [2.75, 3.05) is 39.6 Å². The summed E-state index contributed by atoms with van der Waals surface area (Å²) in [5, 5.41) is 5.97. The first-order valence-corrected chi connectivity index (χ1v) is 8.86. The second kappa shape index (κ2) is 6.96. The first-order chi connectivity index (χ1) is 10.8. The van der Waals surface area contributed by atoms with E-state index in [2.05, 4.69) is 10.6 Å². The summed E-state index contributed by atoms with van der Waals surface area (Å²) >= 11 is 0. The largest absolute Gasteiger partial charge is 0.368 e. The van der Waals surface area contributed by atoms with E-state index < -0.39 is 15.6 Å². The zero-order chi connectivity index (χ0) is 17.1. The molecule has 0 aliphatic carbocycles. The lowest BCUT2D eigenvalue weighted by molar-refractivity contribution is -0.140. The third-order valence-electron chi connectivity index (χ3n) is 4.09. The minimum atomic E-state index is -3.54. The van der Waals surface area contributed by atoms with Gasteiger partial charge in [0.05, 0.1) is 4.90 Å². The van der Waals surface area contributed by atoms with Gasteiger partial charge >= 0.3 is 0 Å². The minimum absolute atomic E-state index is 0.136. The summed E-state index contributed by atoms with van der Waals surface area (Å²) in [4.78, 5) is 12.7. The molecule has 1 aliphatic heterocycles. The standard InChI is InChI=1S/C15H23N3O4S/c1-18(2)23(20,21)13-6-4-5-12(11-13)17-14(19)15(22-3)7-9-16-10-8-15/h4-6,11,16H,7-10H2,1-3H3,(H,17,19). The Bertz CT molecular complexity index is 667. The Morgan fingerprint density at radius 1 is 1.30 bits per heavy atom. The monoisotopic (exact) mass is 341 g/mol. The number of hydrogen-bond acceptors (Lipinski definition) is 5. The number of nitrogens with one attached hydrogen (secondary N) is 2. The zero-order valence-corrected chi connectivity index (χ0v) is 14.4. The normalized spacial score (nSPS) is 17.9. The predicted octanol–water partition coefficient (Wildman–Crippen LogP) is 0.644. The van der Waals surface area contributed by atoms with Crippen molar-refractivity contribution in [1.29, 1.82) is 0 Å². The number of carbonyl (C=O) groups is 1. The molecule has 1 amide bonds. The number of methoxy groups -OCH3 is 1. The lowest BCUT2D eigenvalue weighted by Crippen LogP contribution is -2.51. The van der Waals surface area contributed by atoms with Crippen LogP contribution in [0.5, 0.6) is 0 Å². The average Bonchev–Trinajstić information content (AvgIpc) is 2.55. The number of amides is 1. The van der Waals surface area contributed by atoms with E-state index in [-0.39, 0.29) is 10.8 Å². The fraction of sp³-hybridized carbons (Fsp3) is 0.533. The summed E-state index contributed by atoms with van der Waals surface area (Å²) in [6.45, 7) is 1.41. The topological polar surface area (TPSA) is 87.7 Å². The van der Waals surface area contributed by atoms with Gasteiger partial charge in [0.1, 0.15) is 5.60 Å². The Morgan fingerprint density at radius 3 is 2.52 bits per heavy atom. The molecule has 0 aromatic heterocycles. The van der Waals surface area contributed by atoms with E-state index in [9.17, 15) is 13.2 Å². The number of nitrogens with zero attached hydrogens (tertiary/aromatic N) is 1. The Balaban J connectivity index is 2.22. The molecule has 2 rings (SSSR count). The summed E-state index contributed by atoms with van der Waals surface area (Å²) < 4.78 is 30.9. The van der Waals surface area contributed by atoms with Crippen molar-refractivity contribution in [2.24, 2.45) is 0 Å². The van der Waals surface area contributed by atoms with Crippen LogP contribution in [0, 0.1) is 0 Å². The van der Waals surface area contributed by atoms with Crippen LogP contribution >= 0.6 is 0 Å². The number of rotatable bonds is 5. The maximum absolute atomic E-state index is 12.6. The van der Waals surface area contributed by atoms with E-state index in [1.54, 1.807) is 12.1 Å². The van der Waals surface area contributed by atoms with Crippen LogP contribution in [-0.2, 0) is 19.6 Å². The van der Waals surface area contributed by atoms with E-state index in [0.29, 0.717) is 31.6 Å². The highest BCUT2D eigenvalue weighted by Crippen LogP contribution is 2.25. The molecular weight excluding hydrogens is 318 g/mol. The van der Waals surface area contributed by atoms with Crippen LogP contribution < -0.4 is 10.6 Å². The third-order valence-corrected chi connectivity index (χ3v) is 5.90. The molecular formula is C15H23N3O4S.